The number of benzene rings is 2. The highest BCUT2D eigenvalue weighted by molar-refractivity contribution is 5.83. The molecular weight excluding hydrogens is 417 g/mol. The zero-order valence-electron chi connectivity index (χ0n) is 19.2. The highest BCUT2D eigenvalue weighted by atomic mass is 19.1. The number of carbonyl (C=O) groups excluding carboxylic acids is 1. The molecule has 1 amide bonds. The maximum Gasteiger partial charge on any atom is 0.227 e. The lowest BCUT2D eigenvalue weighted by molar-refractivity contribution is -0.134. The van der Waals surface area contributed by atoms with Gasteiger partial charge >= 0.3 is 0 Å². The van der Waals surface area contributed by atoms with Crippen LogP contribution in [0.2, 0.25) is 0 Å². The third kappa shape index (κ3) is 5.06. The van der Waals surface area contributed by atoms with Gasteiger partial charge < -0.3 is 10.1 Å². The van der Waals surface area contributed by atoms with Crippen molar-refractivity contribution >= 4 is 5.91 Å². The summed E-state index contributed by atoms with van der Waals surface area (Å²) in [6.07, 6.45) is 5.88. The third-order valence-electron chi connectivity index (χ3n) is 6.54. The van der Waals surface area contributed by atoms with E-state index in [9.17, 15) is 9.18 Å². The summed E-state index contributed by atoms with van der Waals surface area (Å²) in [5, 5.41) is 2.90. The molecule has 33 heavy (non-hydrogen) atoms. The highest BCUT2D eigenvalue weighted by Gasteiger charge is 2.42. The first-order valence-electron chi connectivity index (χ1n) is 11.3. The predicted molar refractivity (Wildman–Crippen MR) is 127 cm³/mol. The maximum absolute atomic E-state index is 14.6. The molecule has 2 aromatic carbocycles. The number of amides is 1. The van der Waals surface area contributed by atoms with E-state index in [4.69, 9.17) is 4.74 Å². The van der Waals surface area contributed by atoms with Gasteiger partial charge in [-0.15, -0.1) is 0 Å². The van der Waals surface area contributed by atoms with Crippen LogP contribution in [0.4, 0.5) is 4.39 Å². The van der Waals surface area contributed by atoms with Gasteiger partial charge in [-0.2, -0.15) is 0 Å². The van der Waals surface area contributed by atoms with E-state index in [1.165, 1.54) is 13.2 Å². The summed E-state index contributed by atoms with van der Waals surface area (Å²) in [7, 11) is 3.22. The van der Waals surface area contributed by atoms with Gasteiger partial charge in [0.2, 0.25) is 5.91 Å². The number of piperidine rings is 1. The molecule has 4 rings (SSSR count). The minimum Gasteiger partial charge on any atom is -0.497 e. The van der Waals surface area contributed by atoms with E-state index >= 15 is 0 Å². The van der Waals surface area contributed by atoms with E-state index in [1.807, 2.05) is 30.5 Å². The first-order valence-corrected chi connectivity index (χ1v) is 11.3. The van der Waals surface area contributed by atoms with Gasteiger partial charge in [0.05, 0.1) is 12.5 Å². The summed E-state index contributed by atoms with van der Waals surface area (Å²) in [6.45, 7) is 1.85. The average Bonchev–Trinajstić information content (AvgIpc) is 2.86. The molecule has 0 spiro atoms. The van der Waals surface area contributed by atoms with Gasteiger partial charge in [-0.1, -0.05) is 36.4 Å². The van der Waals surface area contributed by atoms with Crippen molar-refractivity contribution in [3.05, 3.63) is 83.9 Å². The van der Waals surface area contributed by atoms with Gasteiger partial charge in [-0.05, 0) is 49.1 Å². The summed E-state index contributed by atoms with van der Waals surface area (Å²) in [5.74, 6) is 0.248. The molecule has 1 fully saturated rings. The van der Waals surface area contributed by atoms with E-state index < -0.39 is 5.41 Å². The number of halogens is 1. The van der Waals surface area contributed by atoms with Gasteiger partial charge in [-0.3, -0.25) is 14.7 Å². The van der Waals surface area contributed by atoms with Gasteiger partial charge in [-0.25, -0.2) is 4.39 Å². The summed E-state index contributed by atoms with van der Waals surface area (Å²) in [4.78, 5) is 19.7. The number of rotatable bonds is 7. The molecule has 5 nitrogen and oxygen atoms in total. The Morgan fingerprint density at radius 2 is 2.03 bits per heavy atom. The minimum atomic E-state index is -0.589. The number of hydrogen-bond donors (Lipinski definition) is 1. The van der Waals surface area contributed by atoms with Crippen molar-refractivity contribution in [3.8, 4) is 16.9 Å². The molecule has 2 heterocycles. The van der Waals surface area contributed by atoms with E-state index in [2.05, 4.69) is 27.3 Å². The molecule has 1 aromatic heterocycles. The Morgan fingerprint density at radius 1 is 1.18 bits per heavy atom. The fraction of sp³-hybridized carbons (Fsp3) is 0.333. The quantitative estimate of drug-likeness (QED) is 0.581. The van der Waals surface area contributed by atoms with Crippen LogP contribution >= 0.6 is 0 Å². The van der Waals surface area contributed by atoms with Crippen LogP contribution in [-0.4, -0.2) is 43.0 Å². The Labute approximate surface area is 194 Å². The molecule has 0 unspecified atom stereocenters. The van der Waals surface area contributed by atoms with Crippen LogP contribution in [0.3, 0.4) is 0 Å². The molecule has 6 heteroatoms. The number of hydrogen-bond acceptors (Lipinski definition) is 4. The van der Waals surface area contributed by atoms with E-state index in [1.54, 1.807) is 25.4 Å². The first kappa shape index (κ1) is 22.9. The third-order valence-corrected chi connectivity index (χ3v) is 6.54. The Kier molecular flexibility index (Phi) is 7.04. The number of pyridine rings is 1. The molecule has 1 N–H and O–H groups in total. The van der Waals surface area contributed by atoms with Gasteiger partial charge in [0.1, 0.15) is 11.6 Å². The topological polar surface area (TPSA) is 54.5 Å². The lowest BCUT2D eigenvalue weighted by Crippen LogP contribution is -2.52. The summed E-state index contributed by atoms with van der Waals surface area (Å²) < 4.78 is 19.7. The molecule has 172 valence electrons. The van der Waals surface area contributed by atoms with Crippen molar-refractivity contribution in [1.29, 1.82) is 0 Å². The zero-order chi connectivity index (χ0) is 23.3. The van der Waals surface area contributed by atoms with Gasteiger partial charge in [0, 0.05) is 49.7 Å². The minimum absolute atomic E-state index is 0.0309. The lowest BCUT2D eigenvalue weighted by atomic mass is 9.73. The second-order valence-electron chi connectivity index (χ2n) is 8.71. The smallest absolute Gasteiger partial charge is 0.227 e. The van der Waals surface area contributed by atoms with Crippen LogP contribution < -0.4 is 10.1 Å². The van der Waals surface area contributed by atoms with Crippen molar-refractivity contribution in [2.75, 3.05) is 27.2 Å². The van der Waals surface area contributed by atoms with Crippen LogP contribution in [-0.2, 0) is 17.8 Å². The standard InChI is InChI=1S/C27H30FN3O2/c1-29-26(32)27(16-20-7-3-4-9-24(20)21-8-5-13-30-17-21)12-6-14-31(19-27)18-22-10-11-23(33-2)15-25(22)28/h3-5,7-11,13,15,17H,6,12,14,16,18-19H2,1-2H3,(H,29,32)/t27-/m0/s1. The van der Waals surface area contributed by atoms with Crippen LogP contribution in [0.25, 0.3) is 11.1 Å². The molecule has 0 saturated carbocycles. The number of nitrogens with zero attached hydrogens (tertiary/aromatic N) is 2. The average molecular weight is 448 g/mol. The van der Waals surface area contributed by atoms with Crippen LogP contribution in [0.5, 0.6) is 5.75 Å². The SMILES string of the molecule is CNC(=O)[C@]1(Cc2ccccc2-c2cccnc2)CCCN(Cc2ccc(OC)cc2F)C1. The number of ether oxygens (including phenoxy) is 1. The molecule has 0 radical (unpaired) electrons. The van der Waals surface area contributed by atoms with Crippen molar-refractivity contribution in [2.45, 2.75) is 25.8 Å². The number of aromatic nitrogens is 1. The molecule has 0 aliphatic carbocycles. The summed E-state index contributed by atoms with van der Waals surface area (Å²) >= 11 is 0. The summed E-state index contributed by atoms with van der Waals surface area (Å²) in [5.41, 5.74) is 3.26. The molecule has 1 saturated heterocycles. The van der Waals surface area contributed by atoms with Crippen molar-refractivity contribution in [2.24, 2.45) is 5.41 Å². The molecular formula is C27H30FN3O2. The maximum atomic E-state index is 14.6. The number of likely N-dealkylation sites (tertiary alicyclic amines) is 1. The lowest BCUT2D eigenvalue weighted by Gasteiger charge is -2.42. The van der Waals surface area contributed by atoms with Crippen LogP contribution in [0.15, 0.2) is 67.0 Å². The Morgan fingerprint density at radius 3 is 2.76 bits per heavy atom. The predicted octanol–water partition coefficient (Wildman–Crippen LogP) is 4.47. The fourth-order valence-corrected chi connectivity index (χ4v) is 4.90. The highest BCUT2D eigenvalue weighted by Crippen LogP contribution is 2.37. The molecule has 1 atom stereocenters. The van der Waals surface area contributed by atoms with Crippen LogP contribution in [0, 0.1) is 11.2 Å². The van der Waals surface area contributed by atoms with E-state index in [0.29, 0.717) is 30.8 Å². The number of nitrogens with one attached hydrogen (secondary N) is 1. The number of methoxy groups -OCH3 is 1. The van der Waals surface area contributed by atoms with E-state index in [0.717, 1.165) is 36.1 Å². The first-order chi connectivity index (χ1) is 16.0. The second kappa shape index (κ2) is 10.1. The number of carbonyl (C=O) groups is 1. The molecule has 1 aliphatic rings. The Hall–Kier alpha value is -3.25. The van der Waals surface area contributed by atoms with Crippen molar-refractivity contribution in [1.82, 2.24) is 15.2 Å². The molecule has 3 aromatic rings. The summed E-state index contributed by atoms with van der Waals surface area (Å²) in [6, 6.07) is 17.1. The molecule has 0 bridgehead atoms. The Bertz CT molecular complexity index is 1110. The monoisotopic (exact) mass is 447 g/mol. The molecule has 1 aliphatic heterocycles. The van der Waals surface area contributed by atoms with E-state index in [-0.39, 0.29) is 11.7 Å². The largest absolute Gasteiger partial charge is 0.497 e. The van der Waals surface area contributed by atoms with Crippen molar-refractivity contribution < 1.29 is 13.9 Å². The Balaban J connectivity index is 1.61. The second-order valence-corrected chi connectivity index (χ2v) is 8.71. The fourth-order valence-electron chi connectivity index (χ4n) is 4.90. The van der Waals surface area contributed by atoms with Crippen LogP contribution in [0.1, 0.15) is 24.0 Å². The normalized spacial score (nSPS) is 18.6. The zero-order valence-corrected chi connectivity index (χ0v) is 19.2. The van der Waals surface area contributed by atoms with Gasteiger partial charge in [0.25, 0.3) is 0 Å². The van der Waals surface area contributed by atoms with Gasteiger partial charge in [0.15, 0.2) is 0 Å². The van der Waals surface area contributed by atoms with Crippen molar-refractivity contribution in [3.63, 3.8) is 0 Å².